The molecule has 1 aliphatic rings. The molecule has 0 radical (unpaired) electrons. The number of carboxylic acids is 1. The highest BCUT2D eigenvalue weighted by Crippen LogP contribution is 2.10. The first-order valence-electron chi connectivity index (χ1n) is 5.61. The van der Waals surface area contributed by atoms with Crippen molar-refractivity contribution in [2.75, 3.05) is 19.7 Å². The molecule has 1 aliphatic heterocycles. The largest absolute Gasteiger partial charge is 0.480 e. The number of aliphatic carboxylic acids is 1. The van der Waals surface area contributed by atoms with E-state index in [9.17, 15) is 14.7 Å². The van der Waals surface area contributed by atoms with Crippen molar-refractivity contribution in [3.8, 4) is 0 Å². The molecule has 0 aromatic carbocycles. The summed E-state index contributed by atoms with van der Waals surface area (Å²) in [5, 5.41) is 29.2. The van der Waals surface area contributed by atoms with Gasteiger partial charge in [0.1, 0.15) is 6.04 Å². The number of rotatable bonds is 4. The van der Waals surface area contributed by atoms with Crippen molar-refractivity contribution >= 4 is 12.0 Å². The fourth-order valence-corrected chi connectivity index (χ4v) is 1.77. The molecule has 1 heterocycles. The first-order valence-corrected chi connectivity index (χ1v) is 5.61. The van der Waals surface area contributed by atoms with Crippen molar-refractivity contribution in [2.24, 2.45) is 0 Å². The molecule has 7 nitrogen and oxygen atoms in total. The number of aliphatic hydroxyl groups excluding tert-OH is 2. The summed E-state index contributed by atoms with van der Waals surface area (Å²) in [6, 6.07) is -1.60. The van der Waals surface area contributed by atoms with Gasteiger partial charge in [0.05, 0.1) is 6.10 Å². The minimum Gasteiger partial charge on any atom is -0.480 e. The number of β-amino-alcohol motifs (C(OH)–C–C–N with tert-alkyl or cyclic N) is 1. The number of nitrogens with zero attached hydrogens (tertiary/aromatic N) is 1. The number of aliphatic hydroxyl groups is 2. The van der Waals surface area contributed by atoms with Crippen molar-refractivity contribution in [3.63, 3.8) is 0 Å². The summed E-state index contributed by atoms with van der Waals surface area (Å²) < 4.78 is 0. The fourth-order valence-electron chi connectivity index (χ4n) is 1.77. The Labute approximate surface area is 99.0 Å². The molecule has 0 aliphatic carbocycles. The van der Waals surface area contributed by atoms with Crippen LogP contribution in [0.1, 0.15) is 19.3 Å². The number of nitrogens with one attached hydrogen (secondary N) is 1. The van der Waals surface area contributed by atoms with E-state index in [1.807, 2.05) is 0 Å². The van der Waals surface area contributed by atoms with E-state index in [1.54, 1.807) is 0 Å². The lowest BCUT2D eigenvalue weighted by Crippen LogP contribution is -2.51. The van der Waals surface area contributed by atoms with Gasteiger partial charge in [0.25, 0.3) is 0 Å². The Bertz CT molecular complexity index is 284. The molecule has 1 unspecified atom stereocenters. The summed E-state index contributed by atoms with van der Waals surface area (Å²) >= 11 is 0. The zero-order chi connectivity index (χ0) is 12.8. The molecule has 2 atom stereocenters. The quantitative estimate of drug-likeness (QED) is 0.508. The number of carbonyl (C=O) groups is 2. The maximum Gasteiger partial charge on any atom is 0.326 e. The van der Waals surface area contributed by atoms with Crippen LogP contribution in [0, 0.1) is 0 Å². The molecular weight excluding hydrogens is 228 g/mol. The maximum atomic E-state index is 11.7. The Hall–Kier alpha value is -1.34. The van der Waals surface area contributed by atoms with Crippen LogP contribution in [0.5, 0.6) is 0 Å². The molecule has 0 spiro atoms. The zero-order valence-electron chi connectivity index (χ0n) is 9.50. The second-order valence-electron chi connectivity index (χ2n) is 4.09. The first-order chi connectivity index (χ1) is 8.04. The minimum absolute atomic E-state index is 0.0303. The molecule has 2 amide bonds. The maximum absolute atomic E-state index is 11.7. The number of carboxylic acid groups (broad SMARTS) is 1. The molecule has 0 bridgehead atoms. The Balaban J connectivity index is 2.48. The van der Waals surface area contributed by atoms with E-state index in [2.05, 4.69) is 5.32 Å². The first kappa shape index (κ1) is 13.7. The Morgan fingerprint density at radius 3 is 2.71 bits per heavy atom. The predicted molar refractivity (Wildman–Crippen MR) is 58.5 cm³/mol. The Morgan fingerprint density at radius 2 is 2.18 bits per heavy atom. The normalized spacial score (nSPS) is 22.0. The number of hydrogen-bond acceptors (Lipinski definition) is 4. The number of hydrogen-bond donors (Lipinski definition) is 4. The summed E-state index contributed by atoms with van der Waals surface area (Å²) in [5.74, 6) is -1.18. The van der Waals surface area contributed by atoms with Crippen LogP contribution in [0.4, 0.5) is 4.79 Å². The SMILES string of the molecule is O=C(O)[C@H](CCO)NC(=O)N1CCCC(O)C1. The van der Waals surface area contributed by atoms with Gasteiger partial charge in [-0.2, -0.15) is 0 Å². The van der Waals surface area contributed by atoms with Crippen LogP contribution in [0.2, 0.25) is 0 Å². The molecular formula is C10H18N2O5. The van der Waals surface area contributed by atoms with E-state index in [-0.39, 0.29) is 19.6 Å². The van der Waals surface area contributed by atoms with Crippen molar-refractivity contribution in [3.05, 3.63) is 0 Å². The molecule has 1 fully saturated rings. The van der Waals surface area contributed by atoms with Gasteiger partial charge in [-0.1, -0.05) is 0 Å². The highest BCUT2D eigenvalue weighted by atomic mass is 16.4. The summed E-state index contributed by atoms with van der Waals surface area (Å²) in [6.45, 7) is 0.422. The summed E-state index contributed by atoms with van der Waals surface area (Å²) in [4.78, 5) is 23.9. The molecule has 7 heteroatoms. The molecule has 4 N–H and O–H groups in total. The zero-order valence-corrected chi connectivity index (χ0v) is 9.50. The van der Waals surface area contributed by atoms with Gasteiger partial charge in [0.15, 0.2) is 0 Å². The molecule has 1 saturated heterocycles. The number of carbonyl (C=O) groups excluding carboxylic acids is 1. The molecule has 98 valence electrons. The van der Waals surface area contributed by atoms with E-state index in [1.165, 1.54) is 4.90 Å². The van der Waals surface area contributed by atoms with Crippen molar-refractivity contribution in [2.45, 2.75) is 31.4 Å². The molecule has 0 aromatic rings. The Kier molecular flexibility index (Phi) is 5.17. The van der Waals surface area contributed by atoms with Gasteiger partial charge in [0.2, 0.25) is 0 Å². The average molecular weight is 246 g/mol. The monoisotopic (exact) mass is 246 g/mol. The number of piperidine rings is 1. The Morgan fingerprint density at radius 1 is 1.47 bits per heavy atom. The standard InChI is InChI=1S/C10H18N2O5/c13-5-3-8(9(15)16)11-10(17)12-4-1-2-7(14)6-12/h7-8,13-14H,1-6H2,(H,11,17)(H,15,16)/t7?,8-/m0/s1. The average Bonchev–Trinajstić information content (AvgIpc) is 2.28. The van der Waals surface area contributed by atoms with Gasteiger partial charge >= 0.3 is 12.0 Å². The lowest BCUT2D eigenvalue weighted by molar-refractivity contribution is -0.139. The second-order valence-corrected chi connectivity index (χ2v) is 4.09. The van der Waals surface area contributed by atoms with Crippen molar-refractivity contribution < 1.29 is 24.9 Å². The minimum atomic E-state index is -1.18. The van der Waals surface area contributed by atoms with E-state index < -0.39 is 24.1 Å². The van der Waals surface area contributed by atoms with Crippen molar-refractivity contribution in [1.29, 1.82) is 0 Å². The number of likely N-dealkylation sites (tertiary alicyclic amines) is 1. The third-order valence-corrected chi connectivity index (χ3v) is 2.70. The third-order valence-electron chi connectivity index (χ3n) is 2.70. The third kappa shape index (κ3) is 4.20. The molecule has 0 saturated carbocycles. The van der Waals surface area contributed by atoms with Crippen molar-refractivity contribution in [1.82, 2.24) is 10.2 Å². The lowest BCUT2D eigenvalue weighted by Gasteiger charge is -2.31. The van der Waals surface area contributed by atoms with Gasteiger partial charge < -0.3 is 25.5 Å². The van der Waals surface area contributed by atoms with Crippen LogP contribution in [0.15, 0.2) is 0 Å². The van der Waals surface area contributed by atoms with Crippen LogP contribution < -0.4 is 5.32 Å². The van der Waals surface area contributed by atoms with Gasteiger partial charge in [-0.15, -0.1) is 0 Å². The van der Waals surface area contributed by atoms with Gasteiger partial charge in [-0.3, -0.25) is 0 Å². The van der Waals surface area contributed by atoms with E-state index in [0.717, 1.165) is 0 Å². The smallest absolute Gasteiger partial charge is 0.326 e. The van der Waals surface area contributed by atoms with E-state index in [0.29, 0.717) is 19.4 Å². The van der Waals surface area contributed by atoms with Gasteiger partial charge in [-0.25, -0.2) is 9.59 Å². The van der Waals surface area contributed by atoms with E-state index >= 15 is 0 Å². The highest BCUT2D eigenvalue weighted by Gasteiger charge is 2.26. The number of urea groups is 1. The van der Waals surface area contributed by atoms with Crippen LogP contribution in [-0.4, -0.2) is 64.1 Å². The number of amides is 2. The van der Waals surface area contributed by atoms with Crippen LogP contribution in [-0.2, 0) is 4.79 Å². The predicted octanol–water partition coefficient (Wildman–Crippen LogP) is -1.01. The van der Waals surface area contributed by atoms with Crippen LogP contribution in [0.3, 0.4) is 0 Å². The second kappa shape index (κ2) is 6.41. The van der Waals surface area contributed by atoms with Gasteiger partial charge in [0, 0.05) is 26.1 Å². The summed E-state index contributed by atoms with van der Waals surface area (Å²) in [5.41, 5.74) is 0. The molecule has 0 aromatic heterocycles. The highest BCUT2D eigenvalue weighted by molar-refractivity contribution is 5.82. The fraction of sp³-hybridized carbons (Fsp3) is 0.800. The van der Waals surface area contributed by atoms with Crippen LogP contribution in [0.25, 0.3) is 0 Å². The molecule has 1 rings (SSSR count). The summed E-state index contributed by atoms with van der Waals surface area (Å²) in [7, 11) is 0. The molecule has 17 heavy (non-hydrogen) atoms. The van der Waals surface area contributed by atoms with Crippen LogP contribution >= 0.6 is 0 Å². The lowest BCUT2D eigenvalue weighted by atomic mass is 10.1. The van der Waals surface area contributed by atoms with E-state index in [4.69, 9.17) is 10.2 Å². The topological polar surface area (TPSA) is 110 Å². The summed E-state index contributed by atoms with van der Waals surface area (Å²) in [6.07, 6.45) is 0.780. The van der Waals surface area contributed by atoms with Gasteiger partial charge in [-0.05, 0) is 12.8 Å².